The van der Waals surface area contributed by atoms with Gasteiger partial charge in [-0.05, 0) is 79.9 Å². The summed E-state index contributed by atoms with van der Waals surface area (Å²) in [6, 6.07) is 19.2. The average Bonchev–Trinajstić information content (AvgIpc) is 3.43. The van der Waals surface area contributed by atoms with Crippen molar-refractivity contribution in [3.8, 4) is 0 Å². The van der Waals surface area contributed by atoms with Gasteiger partial charge >= 0.3 is 5.97 Å². The number of carboxylic acids is 1. The van der Waals surface area contributed by atoms with Crippen LogP contribution < -0.4 is 9.80 Å². The van der Waals surface area contributed by atoms with E-state index in [1.54, 1.807) is 22.3 Å². The highest BCUT2D eigenvalue weighted by atomic mass is 32.1. The number of rotatable bonds is 8. The molecule has 3 aromatic rings. The van der Waals surface area contributed by atoms with Crippen LogP contribution in [0.2, 0.25) is 0 Å². The summed E-state index contributed by atoms with van der Waals surface area (Å²) in [5.41, 5.74) is 2.53. The van der Waals surface area contributed by atoms with E-state index >= 15 is 0 Å². The van der Waals surface area contributed by atoms with Crippen LogP contribution in [0.5, 0.6) is 0 Å². The molecule has 2 amide bonds. The van der Waals surface area contributed by atoms with Gasteiger partial charge in [0.2, 0.25) is 11.8 Å². The molecule has 0 spiro atoms. The number of nitrogens with zero attached hydrogens (tertiary/aromatic N) is 3. The lowest BCUT2D eigenvalue weighted by Gasteiger charge is -2.38. The Kier molecular flexibility index (Phi) is 7.67. The molecule has 1 fully saturated rings. The van der Waals surface area contributed by atoms with Crippen LogP contribution in [-0.4, -0.2) is 60.5 Å². The van der Waals surface area contributed by atoms with Crippen LogP contribution in [0.4, 0.5) is 11.4 Å². The monoisotopic (exact) mass is 517 g/mol. The van der Waals surface area contributed by atoms with Crippen LogP contribution in [0.25, 0.3) is 0 Å². The molecule has 1 aromatic heterocycles. The fourth-order valence-electron chi connectivity index (χ4n) is 5.26. The standard InChI is InChI=1S/C29H31N3O4S/c33-27(19-30-13-10-22(11-14-30)17-21-5-2-1-3-6-21)32-20-28(34)31(15-12-24-7-4-16-37-24)25-9-8-23(29(35)36)18-26(25)32/h1-9,16,18,22H,10-15,17,19-20H2,(H,35,36). The molecular weight excluding hydrogens is 486 g/mol. The van der Waals surface area contributed by atoms with Crippen molar-refractivity contribution >= 4 is 40.5 Å². The largest absolute Gasteiger partial charge is 0.478 e. The topological polar surface area (TPSA) is 81.2 Å². The summed E-state index contributed by atoms with van der Waals surface area (Å²) in [5.74, 6) is -0.780. The molecule has 0 atom stereocenters. The molecular formula is C29H31N3O4S. The molecule has 2 aromatic carbocycles. The Morgan fingerprint density at radius 3 is 2.46 bits per heavy atom. The minimum Gasteiger partial charge on any atom is -0.478 e. The van der Waals surface area contributed by atoms with Gasteiger partial charge in [-0.15, -0.1) is 11.3 Å². The Morgan fingerprint density at radius 1 is 0.973 bits per heavy atom. The van der Waals surface area contributed by atoms with Gasteiger partial charge < -0.3 is 10.0 Å². The number of carbonyl (C=O) groups excluding carboxylic acids is 2. The van der Waals surface area contributed by atoms with Crippen molar-refractivity contribution in [2.75, 3.05) is 42.5 Å². The van der Waals surface area contributed by atoms with Gasteiger partial charge in [0.05, 0.1) is 23.5 Å². The Balaban J connectivity index is 1.27. The van der Waals surface area contributed by atoms with Gasteiger partial charge in [0.1, 0.15) is 6.54 Å². The maximum Gasteiger partial charge on any atom is 0.335 e. The second kappa shape index (κ2) is 11.3. The van der Waals surface area contributed by atoms with Crippen molar-refractivity contribution in [3.05, 3.63) is 82.0 Å². The first-order valence-electron chi connectivity index (χ1n) is 12.7. The number of carbonyl (C=O) groups is 3. The predicted octanol–water partition coefficient (Wildman–Crippen LogP) is 4.32. The second-order valence-electron chi connectivity index (χ2n) is 9.77. The van der Waals surface area contributed by atoms with Crippen LogP contribution in [-0.2, 0) is 22.4 Å². The predicted molar refractivity (Wildman–Crippen MR) is 145 cm³/mol. The zero-order chi connectivity index (χ0) is 25.8. The van der Waals surface area contributed by atoms with Crippen molar-refractivity contribution in [1.29, 1.82) is 0 Å². The molecule has 8 heteroatoms. The summed E-state index contributed by atoms with van der Waals surface area (Å²) < 4.78 is 0. The molecule has 2 aliphatic rings. The number of likely N-dealkylation sites (tertiary alicyclic amines) is 1. The highest BCUT2D eigenvalue weighted by Gasteiger charge is 2.34. The number of carboxylic acid groups (broad SMARTS) is 1. The quantitative estimate of drug-likeness (QED) is 0.481. The van der Waals surface area contributed by atoms with Crippen molar-refractivity contribution < 1.29 is 19.5 Å². The zero-order valence-corrected chi connectivity index (χ0v) is 21.5. The summed E-state index contributed by atoms with van der Waals surface area (Å²) in [6.45, 7) is 2.29. The van der Waals surface area contributed by atoms with Crippen LogP contribution in [0.3, 0.4) is 0 Å². The van der Waals surface area contributed by atoms with Crippen LogP contribution in [0, 0.1) is 5.92 Å². The SMILES string of the molecule is O=C(O)c1ccc2c(c1)N(C(=O)CN1CCC(Cc3ccccc3)CC1)CC(=O)N2CCc1cccs1. The van der Waals surface area contributed by atoms with Gasteiger partial charge in [-0.3, -0.25) is 19.4 Å². The number of anilines is 2. The molecule has 37 heavy (non-hydrogen) atoms. The minimum absolute atomic E-state index is 0.0795. The Bertz CT molecular complexity index is 1250. The van der Waals surface area contributed by atoms with Crippen LogP contribution in [0.1, 0.15) is 33.6 Å². The summed E-state index contributed by atoms with van der Waals surface area (Å²) in [6.07, 6.45) is 3.81. The molecule has 2 aliphatic heterocycles. The molecule has 5 rings (SSSR count). The molecule has 3 heterocycles. The van der Waals surface area contributed by atoms with E-state index in [0.29, 0.717) is 30.3 Å². The fourth-order valence-corrected chi connectivity index (χ4v) is 5.96. The van der Waals surface area contributed by atoms with Gasteiger partial charge in [-0.2, -0.15) is 0 Å². The van der Waals surface area contributed by atoms with E-state index in [1.165, 1.54) is 27.5 Å². The normalized spacial score (nSPS) is 16.6. The third-order valence-corrected chi connectivity index (χ3v) is 8.23. The van der Waals surface area contributed by atoms with Gasteiger partial charge in [0, 0.05) is 11.4 Å². The smallest absolute Gasteiger partial charge is 0.335 e. The van der Waals surface area contributed by atoms with Crippen molar-refractivity contribution in [2.45, 2.75) is 25.7 Å². The lowest BCUT2D eigenvalue weighted by Crippen LogP contribution is -2.51. The van der Waals surface area contributed by atoms with Crippen molar-refractivity contribution in [3.63, 3.8) is 0 Å². The summed E-state index contributed by atoms with van der Waals surface area (Å²) in [5, 5.41) is 11.6. The van der Waals surface area contributed by atoms with Gasteiger partial charge in [0.25, 0.3) is 0 Å². The molecule has 0 saturated carbocycles. The molecule has 0 unspecified atom stereocenters. The van der Waals surface area contributed by atoms with E-state index in [9.17, 15) is 19.5 Å². The number of fused-ring (bicyclic) bond motifs is 1. The minimum atomic E-state index is -1.06. The highest BCUT2D eigenvalue weighted by molar-refractivity contribution is 7.09. The number of benzene rings is 2. The van der Waals surface area contributed by atoms with Crippen LogP contribution >= 0.6 is 11.3 Å². The second-order valence-corrected chi connectivity index (χ2v) is 10.8. The number of thiophene rings is 1. The number of hydrogen-bond donors (Lipinski definition) is 1. The third kappa shape index (κ3) is 5.92. The van der Waals surface area contributed by atoms with Gasteiger partial charge in [0.15, 0.2) is 0 Å². The first-order chi connectivity index (χ1) is 18.0. The van der Waals surface area contributed by atoms with Crippen molar-refractivity contribution in [2.24, 2.45) is 5.92 Å². The average molecular weight is 518 g/mol. The van der Waals surface area contributed by atoms with E-state index in [0.717, 1.165) is 32.4 Å². The summed E-state index contributed by atoms with van der Waals surface area (Å²) in [4.78, 5) is 44.8. The molecule has 0 radical (unpaired) electrons. The number of hydrogen-bond acceptors (Lipinski definition) is 5. The Morgan fingerprint density at radius 2 is 1.76 bits per heavy atom. The van der Waals surface area contributed by atoms with E-state index in [2.05, 4.69) is 29.2 Å². The molecule has 7 nitrogen and oxygen atoms in total. The van der Waals surface area contributed by atoms with Crippen LogP contribution in [0.15, 0.2) is 66.0 Å². The number of aromatic carboxylic acids is 1. The van der Waals surface area contributed by atoms with E-state index in [-0.39, 0.29) is 30.5 Å². The number of piperidine rings is 1. The Labute approximate surface area is 220 Å². The third-order valence-electron chi connectivity index (χ3n) is 7.29. The first kappa shape index (κ1) is 25.2. The fraction of sp³-hybridized carbons (Fsp3) is 0.345. The first-order valence-corrected chi connectivity index (χ1v) is 13.6. The Hall–Kier alpha value is -3.49. The molecule has 0 aliphatic carbocycles. The molecule has 1 saturated heterocycles. The van der Waals surface area contributed by atoms with Crippen molar-refractivity contribution in [1.82, 2.24) is 4.90 Å². The lowest BCUT2D eigenvalue weighted by molar-refractivity contribution is -0.123. The zero-order valence-electron chi connectivity index (χ0n) is 20.7. The maximum absolute atomic E-state index is 13.4. The molecule has 1 N–H and O–H groups in total. The van der Waals surface area contributed by atoms with E-state index in [4.69, 9.17) is 0 Å². The van der Waals surface area contributed by atoms with E-state index < -0.39 is 5.97 Å². The number of amides is 2. The summed E-state index contributed by atoms with van der Waals surface area (Å²) in [7, 11) is 0. The van der Waals surface area contributed by atoms with Gasteiger partial charge in [-0.25, -0.2) is 4.79 Å². The van der Waals surface area contributed by atoms with Gasteiger partial charge in [-0.1, -0.05) is 36.4 Å². The van der Waals surface area contributed by atoms with E-state index in [1.807, 2.05) is 23.6 Å². The molecule has 0 bridgehead atoms. The highest BCUT2D eigenvalue weighted by Crippen LogP contribution is 2.35. The summed E-state index contributed by atoms with van der Waals surface area (Å²) >= 11 is 1.64. The molecule has 192 valence electrons. The lowest BCUT2D eigenvalue weighted by atomic mass is 9.90. The maximum atomic E-state index is 13.4.